The molecule has 1 aromatic carbocycles. The minimum absolute atomic E-state index is 0.0645. The summed E-state index contributed by atoms with van der Waals surface area (Å²) in [6.45, 7) is 1.68. The van der Waals surface area contributed by atoms with Gasteiger partial charge in [0.05, 0.1) is 18.5 Å². The van der Waals surface area contributed by atoms with Gasteiger partial charge >= 0.3 is 0 Å². The second kappa shape index (κ2) is 7.52. The Morgan fingerprint density at radius 2 is 2.15 bits per heavy atom. The average Bonchev–Trinajstić information content (AvgIpc) is 3.30. The van der Waals surface area contributed by atoms with E-state index in [1.54, 1.807) is 6.92 Å². The Balaban J connectivity index is 1.90. The van der Waals surface area contributed by atoms with Gasteiger partial charge in [-0.05, 0) is 29.6 Å². The Morgan fingerprint density at radius 1 is 1.35 bits per heavy atom. The molecule has 0 atom stereocenters. The van der Waals surface area contributed by atoms with Crippen molar-refractivity contribution >= 4 is 21.4 Å². The number of thiophene rings is 1. The summed E-state index contributed by atoms with van der Waals surface area (Å²) in [5.74, 6) is -0.0613. The van der Waals surface area contributed by atoms with E-state index in [1.807, 2.05) is 17.5 Å². The van der Waals surface area contributed by atoms with Gasteiger partial charge in [-0.25, -0.2) is 12.8 Å². The minimum Gasteiger partial charge on any atom is -0.495 e. The highest BCUT2D eigenvalue weighted by atomic mass is 32.2. The maximum atomic E-state index is 13.6. The lowest BCUT2D eigenvalue weighted by atomic mass is 10.3. The van der Waals surface area contributed by atoms with Crippen molar-refractivity contribution in [1.82, 2.24) is 14.4 Å². The summed E-state index contributed by atoms with van der Waals surface area (Å²) in [5.41, 5.74) is 0. The molecule has 3 aromatic rings. The van der Waals surface area contributed by atoms with Gasteiger partial charge in [0.1, 0.15) is 16.5 Å². The fourth-order valence-electron chi connectivity index (χ4n) is 2.33. The minimum atomic E-state index is -4.02. The molecular formula is C16H16FN3O4S2. The number of methoxy groups -OCH3 is 1. The van der Waals surface area contributed by atoms with Crippen molar-refractivity contribution in [2.45, 2.75) is 18.4 Å². The van der Waals surface area contributed by atoms with Crippen LogP contribution in [0.4, 0.5) is 4.39 Å². The third-order valence-electron chi connectivity index (χ3n) is 3.62. The number of aromatic nitrogens is 2. The lowest BCUT2D eigenvalue weighted by Gasteiger charge is -2.20. The van der Waals surface area contributed by atoms with Crippen molar-refractivity contribution in [1.29, 1.82) is 0 Å². The van der Waals surface area contributed by atoms with Gasteiger partial charge in [0, 0.05) is 6.54 Å². The van der Waals surface area contributed by atoms with E-state index in [2.05, 4.69) is 10.1 Å². The predicted octanol–water partition coefficient (Wildman–Crippen LogP) is 3.16. The molecule has 10 heteroatoms. The largest absolute Gasteiger partial charge is 0.495 e. The van der Waals surface area contributed by atoms with Gasteiger partial charge in [-0.3, -0.25) is 0 Å². The highest BCUT2D eigenvalue weighted by molar-refractivity contribution is 7.89. The average molecular weight is 397 g/mol. The zero-order valence-corrected chi connectivity index (χ0v) is 15.7. The molecular weight excluding hydrogens is 381 g/mol. The number of benzene rings is 1. The maximum Gasteiger partial charge on any atom is 0.247 e. The second-order valence-corrected chi connectivity index (χ2v) is 8.07. The van der Waals surface area contributed by atoms with E-state index in [0.717, 1.165) is 21.3 Å². The van der Waals surface area contributed by atoms with Gasteiger partial charge in [-0.1, -0.05) is 18.1 Å². The first-order chi connectivity index (χ1) is 12.5. The van der Waals surface area contributed by atoms with Crippen LogP contribution in [0.25, 0.3) is 10.7 Å². The third-order valence-corrected chi connectivity index (χ3v) is 6.43. The zero-order valence-electron chi connectivity index (χ0n) is 14.0. The molecule has 0 spiro atoms. The topological polar surface area (TPSA) is 85.5 Å². The van der Waals surface area contributed by atoms with Crippen LogP contribution in [0.1, 0.15) is 12.8 Å². The van der Waals surface area contributed by atoms with Crippen molar-refractivity contribution in [2.75, 3.05) is 13.7 Å². The Bertz CT molecular complexity index is 987. The molecule has 0 N–H and O–H groups in total. The van der Waals surface area contributed by atoms with Gasteiger partial charge in [-0.15, -0.1) is 11.3 Å². The van der Waals surface area contributed by atoms with Crippen LogP contribution in [-0.2, 0) is 16.6 Å². The third kappa shape index (κ3) is 3.62. The summed E-state index contributed by atoms with van der Waals surface area (Å²) in [5, 5.41) is 5.75. The van der Waals surface area contributed by atoms with E-state index >= 15 is 0 Å². The molecule has 0 saturated carbocycles. The molecule has 0 unspecified atom stereocenters. The van der Waals surface area contributed by atoms with Crippen molar-refractivity contribution in [3.8, 4) is 16.5 Å². The van der Waals surface area contributed by atoms with Crippen molar-refractivity contribution in [2.24, 2.45) is 0 Å². The molecule has 26 heavy (non-hydrogen) atoms. The first-order valence-corrected chi connectivity index (χ1v) is 9.97. The van der Waals surface area contributed by atoms with Crippen LogP contribution in [-0.4, -0.2) is 36.5 Å². The molecule has 0 bridgehead atoms. The number of nitrogens with zero attached hydrogens (tertiary/aromatic N) is 3. The van der Waals surface area contributed by atoms with Gasteiger partial charge in [-0.2, -0.15) is 9.29 Å². The highest BCUT2D eigenvalue weighted by Crippen LogP contribution is 2.28. The molecule has 138 valence electrons. The summed E-state index contributed by atoms with van der Waals surface area (Å²) in [7, 11) is -2.69. The summed E-state index contributed by atoms with van der Waals surface area (Å²) in [6.07, 6.45) is 0. The molecule has 0 saturated heterocycles. The van der Waals surface area contributed by atoms with E-state index in [9.17, 15) is 12.8 Å². The first kappa shape index (κ1) is 18.5. The Labute approximate surface area is 154 Å². The lowest BCUT2D eigenvalue weighted by Crippen LogP contribution is -2.31. The van der Waals surface area contributed by atoms with Gasteiger partial charge in [0.15, 0.2) is 0 Å². The van der Waals surface area contributed by atoms with E-state index < -0.39 is 15.8 Å². The van der Waals surface area contributed by atoms with E-state index in [-0.39, 0.29) is 29.6 Å². The molecule has 0 aliphatic rings. The molecule has 0 amide bonds. The summed E-state index contributed by atoms with van der Waals surface area (Å²) in [6, 6.07) is 7.04. The van der Waals surface area contributed by atoms with Crippen molar-refractivity contribution < 1.29 is 22.1 Å². The smallest absolute Gasteiger partial charge is 0.247 e. The Hall–Kier alpha value is -2.30. The van der Waals surface area contributed by atoms with Crippen LogP contribution in [0.15, 0.2) is 45.1 Å². The monoisotopic (exact) mass is 397 g/mol. The fraction of sp³-hybridized carbons (Fsp3) is 0.250. The first-order valence-electron chi connectivity index (χ1n) is 7.66. The number of hydrogen-bond donors (Lipinski definition) is 0. The van der Waals surface area contributed by atoms with Gasteiger partial charge in [0.25, 0.3) is 0 Å². The summed E-state index contributed by atoms with van der Waals surface area (Å²) >= 11 is 1.45. The normalized spacial score (nSPS) is 11.8. The Kier molecular flexibility index (Phi) is 5.35. The van der Waals surface area contributed by atoms with E-state index in [1.165, 1.54) is 24.5 Å². The molecule has 2 heterocycles. The van der Waals surface area contributed by atoms with Crippen LogP contribution in [0.3, 0.4) is 0 Å². The molecule has 0 fully saturated rings. The van der Waals surface area contributed by atoms with Crippen molar-refractivity contribution in [3.63, 3.8) is 0 Å². The maximum absolute atomic E-state index is 13.6. The summed E-state index contributed by atoms with van der Waals surface area (Å²) in [4.78, 5) is 4.80. The quantitative estimate of drug-likeness (QED) is 0.609. The van der Waals surface area contributed by atoms with Gasteiger partial charge < -0.3 is 9.26 Å². The van der Waals surface area contributed by atoms with E-state index in [4.69, 9.17) is 9.26 Å². The molecule has 0 aliphatic carbocycles. The highest BCUT2D eigenvalue weighted by Gasteiger charge is 2.29. The number of ether oxygens (including phenoxy) is 1. The second-order valence-electron chi connectivity index (χ2n) is 5.22. The molecule has 3 rings (SSSR count). The number of sulfonamides is 1. The van der Waals surface area contributed by atoms with Crippen LogP contribution in [0.5, 0.6) is 5.75 Å². The number of rotatable bonds is 7. The SMILES string of the molecule is CCN(Cc1nc(-c2cccs2)no1)S(=O)(=O)c1cc(F)ccc1OC. The van der Waals surface area contributed by atoms with Crippen LogP contribution >= 0.6 is 11.3 Å². The lowest BCUT2D eigenvalue weighted by molar-refractivity contribution is 0.320. The van der Waals surface area contributed by atoms with Crippen LogP contribution in [0.2, 0.25) is 0 Å². The van der Waals surface area contributed by atoms with Gasteiger partial charge in [0.2, 0.25) is 21.7 Å². The molecule has 0 radical (unpaired) electrons. The number of halogens is 1. The molecule has 7 nitrogen and oxygen atoms in total. The number of hydrogen-bond acceptors (Lipinski definition) is 7. The predicted molar refractivity (Wildman–Crippen MR) is 93.8 cm³/mol. The molecule has 2 aromatic heterocycles. The Morgan fingerprint density at radius 3 is 2.81 bits per heavy atom. The van der Waals surface area contributed by atoms with Crippen LogP contribution in [0, 0.1) is 5.82 Å². The standard InChI is InChI=1S/C16H16FN3O4S2/c1-3-20(10-15-18-16(19-24-15)13-5-4-8-25-13)26(21,22)14-9-11(17)6-7-12(14)23-2/h4-9H,3,10H2,1-2H3. The van der Waals surface area contributed by atoms with Crippen molar-refractivity contribution in [3.05, 3.63) is 47.4 Å². The summed E-state index contributed by atoms with van der Waals surface area (Å²) < 4.78 is 50.8. The van der Waals surface area contributed by atoms with Crippen LogP contribution < -0.4 is 4.74 Å². The molecule has 0 aliphatic heterocycles. The van der Waals surface area contributed by atoms with E-state index in [0.29, 0.717) is 5.82 Å². The zero-order chi connectivity index (χ0) is 18.7. The fourth-order valence-corrected chi connectivity index (χ4v) is 4.55.